The molecule has 1 saturated heterocycles. The first kappa shape index (κ1) is 20.1. The van der Waals surface area contributed by atoms with E-state index in [-0.39, 0.29) is 24.0 Å². The lowest BCUT2D eigenvalue weighted by Gasteiger charge is -2.37. The molecule has 1 aromatic carbocycles. The van der Waals surface area contributed by atoms with E-state index in [2.05, 4.69) is 12.7 Å². The Morgan fingerprint density at radius 2 is 1.70 bits per heavy atom. The third-order valence-corrected chi connectivity index (χ3v) is 5.87. The summed E-state index contributed by atoms with van der Waals surface area (Å²) in [6.45, 7) is 6.86. The Balaban J connectivity index is 1.45. The lowest BCUT2D eigenvalue weighted by atomic mass is 9.77. The van der Waals surface area contributed by atoms with E-state index in [1.165, 1.54) is 37.8 Å². The van der Waals surface area contributed by atoms with E-state index in [1.807, 2.05) is 0 Å². The summed E-state index contributed by atoms with van der Waals surface area (Å²) in [6, 6.07) is 2.83. The highest BCUT2D eigenvalue weighted by atomic mass is 19.2. The third-order valence-electron chi connectivity index (χ3n) is 5.87. The highest BCUT2D eigenvalue weighted by molar-refractivity contribution is 5.35. The molecule has 150 valence electrons. The van der Waals surface area contributed by atoms with Gasteiger partial charge < -0.3 is 14.2 Å². The van der Waals surface area contributed by atoms with Gasteiger partial charge in [-0.15, -0.1) is 6.58 Å². The summed E-state index contributed by atoms with van der Waals surface area (Å²) in [4.78, 5) is 0. The first-order valence-corrected chi connectivity index (χ1v) is 10.1. The van der Waals surface area contributed by atoms with Gasteiger partial charge in [0, 0.05) is 5.92 Å². The van der Waals surface area contributed by atoms with E-state index >= 15 is 0 Å². The largest absolute Gasteiger partial charge is 0.491 e. The van der Waals surface area contributed by atoms with Gasteiger partial charge in [0.1, 0.15) is 0 Å². The van der Waals surface area contributed by atoms with E-state index < -0.39 is 11.6 Å². The summed E-state index contributed by atoms with van der Waals surface area (Å²) in [5, 5.41) is 0. The molecule has 0 amide bonds. The van der Waals surface area contributed by atoms with Gasteiger partial charge in [-0.25, -0.2) is 0 Å². The highest BCUT2D eigenvalue weighted by Crippen LogP contribution is 2.36. The fourth-order valence-corrected chi connectivity index (χ4v) is 4.18. The molecule has 0 aromatic heterocycles. The molecule has 1 heterocycles. The molecule has 5 heteroatoms. The Bertz CT molecular complexity index is 618. The SMILES string of the molecule is C=CC1CCC(C2CCC(COc3ccc(OCC)c(F)c3F)CO2)CC1. The molecule has 0 spiro atoms. The minimum atomic E-state index is -0.996. The summed E-state index contributed by atoms with van der Waals surface area (Å²) in [6.07, 6.45) is 9.25. The Kier molecular flexibility index (Phi) is 7.11. The molecule has 1 aliphatic heterocycles. The molecular weight excluding hydrogens is 350 g/mol. The van der Waals surface area contributed by atoms with Crippen molar-refractivity contribution in [2.24, 2.45) is 17.8 Å². The van der Waals surface area contributed by atoms with E-state index in [4.69, 9.17) is 14.2 Å². The van der Waals surface area contributed by atoms with Crippen LogP contribution >= 0.6 is 0 Å². The Hall–Kier alpha value is -1.62. The Labute approximate surface area is 160 Å². The molecule has 2 fully saturated rings. The third kappa shape index (κ3) is 5.01. The second-order valence-electron chi connectivity index (χ2n) is 7.66. The zero-order chi connectivity index (χ0) is 19.2. The molecule has 0 radical (unpaired) electrons. The van der Waals surface area contributed by atoms with Crippen molar-refractivity contribution in [2.45, 2.75) is 51.6 Å². The van der Waals surface area contributed by atoms with Crippen LogP contribution in [0, 0.1) is 29.4 Å². The summed E-state index contributed by atoms with van der Waals surface area (Å²) in [5.41, 5.74) is 0. The van der Waals surface area contributed by atoms with Crippen LogP contribution in [0.15, 0.2) is 24.8 Å². The van der Waals surface area contributed by atoms with Crippen molar-refractivity contribution in [3.05, 3.63) is 36.4 Å². The quantitative estimate of drug-likeness (QED) is 0.582. The second-order valence-corrected chi connectivity index (χ2v) is 7.66. The molecule has 2 atom stereocenters. The number of hydrogen-bond acceptors (Lipinski definition) is 3. The maximum Gasteiger partial charge on any atom is 0.204 e. The molecule has 27 heavy (non-hydrogen) atoms. The fourth-order valence-electron chi connectivity index (χ4n) is 4.18. The molecule has 1 aliphatic carbocycles. The maximum atomic E-state index is 14.1. The Morgan fingerprint density at radius 1 is 1.04 bits per heavy atom. The van der Waals surface area contributed by atoms with Gasteiger partial charge in [-0.05, 0) is 69.4 Å². The van der Waals surface area contributed by atoms with Crippen molar-refractivity contribution in [3.63, 3.8) is 0 Å². The topological polar surface area (TPSA) is 27.7 Å². The molecular formula is C22H30F2O3. The predicted molar refractivity (Wildman–Crippen MR) is 101 cm³/mol. The second kappa shape index (κ2) is 9.54. The smallest absolute Gasteiger partial charge is 0.204 e. The van der Waals surface area contributed by atoms with Crippen LogP contribution in [-0.2, 0) is 4.74 Å². The lowest BCUT2D eigenvalue weighted by molar-refractivity contribution is -0.0643. The van der Waals surface area contributed by atoms with Crippen molar-refractivity contribution < 1.29 is 23.0 Å². The molecule has 2 aliphatic rings. The summed E-state index contributed by atoms with van der Waals surface area (Å²) >= 11 is 0. The van der Waals surface area contributed by atoms with Gasteiger partial charge in [0.25, 0.3) is 0 Å². The predicted octanol–water partition coefficient (Wildman–Crippen LogP) is 5.53. The van der Waals surface area contributed by atoms with Gasteiger partial charge in [0.05, 0.1) is 25.9 Å². The van der Waals surface area contributed by atoms with Gasteiger partial charge in [-0.2, -0.15) is 8.78 Å². The first-order valence-electron chi connectivity index (χ1n) is 10.1. The molecule has 3 rings (SSSR count). The Morgan fingerprint density at radius 3 is 2.26 bits per heavy atom. The van der Waals surface area contributed by atoms with Gasteiger partial charge in [0.15, 0.2) is 11.5 Å². The monoisotopic (exact) mass is 380 g/mol. The van der Waals surface area contributed by atoms with Gasteiger partial charge in [0.2, 0.25) is 11.6 Å². The summed E-state index contributed by atoms with van der Waals surface area (Å²) in [5.74, 6) is -0.631. The highest BCUT2D eigenvalue weighted by Gasteiger charge is 2.31. The van der Waals surface area contributed by atoms with Crippen molar-refractivity contribution in [3.8, 4) is 11.5 Å². The number of hydrogen-bond donors (Lipinski definition) is 0. The van der Waals surface area contributed by atoms with Gasteiger partial charge >= 0.3 is 0 Å². The number of halogens is 2. The zero-order valence-corrected chi connectivity index (χ0v) is 16.1. The molecule has 0 N–H and O–H groups in total. The number of allylic oxidation sites excluding steroid dienone is 1. The molecule has 2 unspecified atom stereocenters. The molecule has 0 bridgehead atoms. The van der Waals surface area contributed by atoms with E-state index in [0.29, 0.717) is 31.2 Å². The summed E-state index contributed by atoms with van der Waals surface area (Å²) < 4.78 is 44.7. The van der Waals surface area contributed by atoms with Crippen molar-refractivity contribution in [1.82, 2.24) is 0 Å². The normalized spacial score (nSPS) is 28.6. The molecule has 1 saturated carbocycles. The van der Waals surface area contributed by atoms with Crippen LogP contribution in [0.25, 0.3) is 0 Å². The van der Waals surface area contributed by atoms with Gasteiger partial charge in [-0.3, -0.25) is 0 Å². The van der Waals surface area contributed by atoms with Crippen LogP contribution in [0.2, 0.25) is 0 Å². The minimum Gasteiger partial charge on any atom is -0.491 e. The molecule has 3 nitrogen and oxygen atoms in total. The van der Waals surface area contributed by atoms with E-state index in [9.17, 15) is 8.78 Å². The van der Waals surface area contributed by atoms with E-state index in [1.54, 1.807) is 6.92 Å². The number of rotatable bonds is 7. The van der Waals surface area contributed by atoms with Crippen molar-refractivity contribution in [1.29, 1.82) is 0 Å². The standard InChI is InChI=1S/C22H30F2O3/c1-3-15-5-8-17(9-6-15)18-10-7-16(13-26-18)14-27-20-12-11-19(25-4-2)21(23)22(20)24/h3,11-12,15-18H,1,4-10,13-14H2,2H3. The van der Waals surface area contributed by atoms with Crippen LogP contribution in [0.4, 0.5) is 8.78 Å². The van der Waals surface area contributed by atoms with Crippen LogP contribution in [0.1, 0.15) is 45.4 Å². The fraction of sp³-hybridized carbons (Fsp3) is 0.636. The van der Waals surface area contributed by atoms with Crippen LogP contribution in [-0.4, -0.2) is 25.9 Å². The average molecular weight is 380 g/mol. The van der Waals surface area contributed by atoms with Crippen LogP contribution in [0.3, 0.4) is 0 Å². The van der Waals surface area contributed by atoms with E-state index in [0.717, 1.165) is 12.8 Å². The first-order chi connectivity index (χ1) is 13.1. The molecule has 1 aromatic rings. The van der Waals surface area contributed by atoms with Crippen LogP contribution < -0.4 is 9.47 Å². The van der Waals surface area contributed by atoms with Crippen molar-refractivity contribution in [2.75, 3.05) is 19.8 Å². The number of ether oxygens (including phenoxy) is 3. The van der Waals surface area contributed by atoms with Crippen LogP contribution in [0.5, 0.6) is 11.5 Å². The van der Waals surface area contributed by atoms with Gasteiger partial charge in [-0.1, -0.05) is 6.08 Å². The van der Waals surface area contributed by atoms with Crippen molar-refractivity contribution >= 4 is 0 Å². The summed E-state index contributed by atoms with van der Waals surface area (Å²) in [7, 11) is 0. The maximum absolute atomic E-state index is 14.1. The lowest BCUT2D eigenvalue weighted by Crippen LogP contribution is -2.35. The minimum absolute atomic E-state index is 0.0687. The average Bonchev–Trinajstić information content (AvgIpc) is 2.71. The number of benzene rings is 1. The zero-order valence-electron chi connectivity index (χ0n) is 16.1.